The number of carbonyl (C=O) groups is 2. The maximum atomic E-state index is 12.3. The van der Waals surface area contributed by atoms with Crippen molar-refractivity contribution in [2.45, 2.75) is 33.2 Å². The Kier molecular flexibility index (Phi) is 4.57. The maximum absolute atomic E-state index is 12.3. The number of hydrogen-bond acceptors (Lipinski definition) is 4. The molecule has 1 unspecified atom stereocenters. The van der Waals surface area contributed by atoms with Crippen LogP contribution in [0, 0.1) is 5.41 Å². The Hall–Kier alpha value is -1.15. The highest BCUT2D eigenvalue weighted by molar-refractivity contribution is 7.89. The molecule has 0 radical (unpaired) electrons. The van der Waals surface area contributed by atoms with E-state index in [-0.39, 0.29) is 18.8 Å². The minimum Gasteiger partial charge on any atom is -0.481 e. The molecule has 19 heavy (non-hydrogen) atoms. The summed E-state index contributed by atoms with van der Waals surface area (Å²) in [4.78, 5) is 22.4. The van der Waals surface area contributed by atoms with Gasteiger partial charge in [0.05, 0.1) is 12.2 Å². The Morgan fingerprint density at radius 2 is 2.05 bits per heavy atom. The summed E-state index contributed by atoms with van der Waals surface area (Å²) in [6.45, 7) is 5.66. The number of aliphatic carboxylic acids is 1. The van der Waals surface area contributed by atoms with E-state index < -0.39 is 39.8 Å². The molecule has 0 spiro atoms. The topological polar surface area (TPSA) is 104 Å². The molecule has 0 saturated carbocycles. The third-order valence-corrected chi connectivity index (χ3v) is 5.00. The number of carboxylic acids is 1. The number of hydrogen-bond donors (Lipinski definition) is 2. The molecule has 1 rings (SSSR count). The highest BCUT2D eigenvalue weighted by Gasteiger charge is 2.40. The Balaban J connectivity index is 3.00. The molecule has 2 N–H and O–H groups in total. The van der Waals surface area contributed by atoms with Gasteiger partial charge in [0.2, 0.25) is 15.9 Å². The van der Waals surface area contributed by atoms with Gasteiger partial charge in [0.1, 0.15) is 6.04 Å². The Morgan fingerprint density at radius 1 is 1.47 bits per heavy atom. The number of sulfonamides is 1. The molecule has 1 atom stereocenters. The second-order valence-electron chi connectivity index (χ2n) is 5.83. The van der Waals surface area contributed by atoms with Crippen molar-refractivity contribution in [2.24, 2.45) is 5.41 Å². The highest BCUT2D eigenvalue weighted by Crippen LogP contribution is 2.22. The SMILES string of the molecule is CC(C)(C)CS(=O)(=O)N1CCNC(=O)C1CC(=O)O. The smallest absolute Gasteiger partial charge is 0.305 e. The van der Waals surface area contributed by atoms with Crippen LogP contribution in [0.1, 0.15) is 27.2 Å². The molecule has 0 aromatic carbocycles. The Bertz CT molecular complexity index is 466. The van der Waals surface area contributed by atoms with Crippen molar-refractivity contribution in [1.29, 1.82) is 0 Å². The molecular formula is C11H20N2O5S. The van der Waals surface area contributed by atoms with Gasteiger partial charge < -0.3 is 10.4 Å². The van der Waals surface area contributed by atoms with Gasteiger partial charge >= 0.3 is 5.97 Å². The summed E-state index contributed by atoms with van der Waals surface area (Å²) >= 11 is 0. The number of rotatable bonds is 4. The van der Waals surface area contributed by atoms with Crippen LogP contribution in [-0.2, 0) is 19.6 Å². The summed E-state index contributed by atoms with van der Waals surface area (Å²) < 4.78 is 25.6. The van der Waals surface area contributed by atoms with E-state index >= 15 is 0 Å². The van der Waals surface area contributed by atoms with Gasteiger partial charge in [0.25, 0.3) is 0 Å². The van der Waals surface area contributed by atoms with Crippen LogP contribution in [-0.4, -0.2) is 54.6 Å². The molecule has 1 saturated heterocycles. The van der Waals surface area contributed by atoms with Crippen LogP contribution in [0.25, 0.3) is 0 Å². The molecule has 1 amide bonds. The lowest BCUT2D eigenvalue weighted by molar-refractivity contribution is -0.141. The monoisotopic (exact) mass is 292 g/mol. The van der Waals surface area contributed by atoms with Crippen LogP contribution >= 0.6 is 0 Å². The van der Waals surface area contributed by atoms with E-state index in [2.05, 4.69) is 5.32 Å². The fourth-order valence-corrected chi connectivity index (χ4v) is 4.20. The molecule has 0 aromatic rings. The first-order valence-electron chi connectivity index (χ1n) is 6.02. The molecular weight excluding hydrogens is 272 g/mol. The van der Waals surface area contributed by atoms with Crippen LogP contribution in [0.3, 0.4) is 0 Å². The van der Waals surface area contributed by atoms with Crippen molar-refractivity contribution < 1.29 is 23.1 Å². The summed E-state index contributed by atoms with van der Waals surface area (Å²) in [7, 11) is -3.66. The van der Waals surface area contributed by atoms with E-state index in [9.17, 15) is 18.0 Å². The van der Waals surface area contributed by atoms with E-state index in [0.29, 0.717) is 0 Å². The first kappa shape index (κ1) is 15.9. The van der Waals surface area contributed by atoms with Gasteiger partial charge in [-0.05, 0) is 5.41 Å². The van der Waals surface area contributed by atoms with E-state index in [1.165, 1.54) is 0 Å². The van der Waals surface area contributed by atoms with Crippen molar-refractivity contribution in [2.75, 3.05) is 18.8 Å². The molecule has 0 aliphatic carbocycles. The molecule has 1 heterocycles. The van der Waals surface area contributed by atoms with Gasteiger partial charge in [0, 0.05) is 13.1 Å². The molecule has 1 aliphatic heterocycles. The summed E-state index contributed by atoms with van der Waals surface area (Å²) in [6, 6.07) is -1.15. The zero-order valence-corrected chi connectivity index (χ0v) is 12.2. The number of carboxylic acid groups (broad SMARTS) is 1. The third kappa shape index (κ3) is 4.46. The fourth-order valence-electron chi connectivity index (χ4n) is 2.02. The van der Waals surface area contributed by atoms with Crippen LogP contribution < -0.4 is 5.32 Å². The number of nitrogens with one attached hydrogen (secondary N) is 1. The Morgan fingerprint density at radius 3 is 2.53 bits per heavy atom. The van der Waals surface area contributed by atoms with Gasteiger partial charge in [-0.25, -0.2) is 8.42 Å². The normalized spacial score (nSPS) is 22.1. The van der Waals surface area contributed by atoms with Crippen LogP contribution in [0.5, 0.6) is 0 Å². The first-order chi connectivity index (χ1) is 8.53. The molecule has 110 valence electrons. The van der Waals surface area contributed by atoms with Crippen LogP contribution in [0.4, 0.5) is 0 Å². The molecule has 0 bridgehead atoms. The van der Waals surface area contributed by atoms with Crippen molar-refractivity contribution >= 4 is 21.9 Å². The van der Waals surface area contributed by atoms with Gasteiger partial charge in [-0.1, -0.05) is 20.8 Å². The highest BCUT2D eigenvalue weighted by atomic mass is 32.2. The molecule has 7 nitrogen and oxygen atoms in total. The molecule has 1 fully saturated rings. The summed E-state index contributed by atoms with van der Waals surface area (Å²) in [6.07, 6.45) is -0.519. The van der Waals surface area contributed by atoms with E-state index in [4.69, 9.17) is 5.11 Å². The third-order valence-electron chi connectivity index (χ3n) is 2.62. The van der Waals surface area contributed by atoms with Crippen molar-refractivity contribution in [3.63, 3.8) is 0 Å². The van der Waals surface area contributed by atoms with E-state index in [0.717, 1.165) is 4.31 Å². The number of amides is 1. The lowest BCUT2D eigenvalue weighted by Gasteiger charge is -2.35. The van der Waals surface area contributed by atoms with Gasteiger partial charge in [-0.2, -0.15) is 4.31 Å². The summed E-state index contributed by atoms with van der Waals surface area (Å²) in [5.74, 6) is -1.87. The largest absolute Gasteiger partial charge is 0.481 e. The van der Waals surface area contributed by atoms with Crippen LogP contribution in [0.15, 0.2) is 0 Å². The quantitative estimate of drug-likeness (QED) is 0.736. The average Bonchev–Trinajstić information content (AvgIpc) is 2.16. The number of carbonyl (C=O) groups excluding carboxylic acids is 1. The minimum atomic E-state index is -3.66. The van der Waals surface area contributed by atoms with E-state index in [1.807, 2.05) is 0 Å². The summed E-state index contributed by atoms with van der Waals surface area (Å²) in [5, 5.41) is 11.3. The van der Waals surface area contributed by atoms with Crippen molar-refractivity contribution in [3.8, 4) is 0 Å². The Labute approximate surface area is 113 Å². The summed E-state index contributed by atoms with van der Waals surface area (Å²) in [5.41, 5.74) is -0.458. The van der Waals surface area contributed by atoms with Crippen LogP contribution in [0.2, 0.25) is 0 Å². The number of piperazine rings is 1. The maximum Gasteiger partial charge on any atom is 0.305 e. The van der Waals surface area contributed by atoms with Crippen molar-refractivity contribution in [1.82, 2.24) is 9.62 Å². The predicted octanol–water partition coefficient (Wildman–Crippen LogP) is -0.363. The zero-order chi connectivity index (χ0) is 14.8. The molecule has 8 heteroatoms. The lowest BCUT2D eigenvalue weighted by atomic mass is 10.0. The fraction of sp³-hybridized carbons (Fsp3) is 0.818. The first-order valence-corrected chi connectivity index (χ1v) is 7.63. The van der Waals surface area contributed by atoms with Gasteiger partial charge in [-0.15, -0.1) is 0 Å². The predicted molar refractivity (Wildman–Crippen MR) is 69.0 cm³/mol. The van der Waals surface area contributed by atoms with Gasteiger partial charge in [0.15, 0.2) is 0 Å². The minimum absolute atomic E-state index is 0.113. The standard InChI is InChI=1S/C11H20N2O5S/c1-11(2,3)7-19(17,18)13-5-4-12-10(16)8(13)6-9(14)15/h8H,4-7H2,1-3H3,(H,12,16)(H,14,15). The molecule has 0 aromatic heterocycles. The zero-order valence-electron chi connectivity index (χ0n) is 11.3. The second-order valence-corrected chi connectivity index (χ2v) is 7.75. The molecule has 1 aliphatic rings. The second kappa shape index (κ2) is 5.46. The van der Waals surface area contributed by atoms with E-state index in [1.54, 1.807) is 20.8 Å². The average molecular weight is 292 g/mol. The lowest BCUT2D eigenvalue weighted by Crippen LogP contribution is -2.58. The van der Waals surface area contributed by atoms with Gasteiger partial charge in [-0.3, -0.25) is 9.59 Å². The van der Waals surface area contributed by atoms with Crippen molar-refractivity contribution in [3.05, 3.63) is 0 Å². The number of nitrogens with zero attached hydrogens (tertiary/aromatic N) is 1.